The molecule has 0 aliphatic carbocycles. The van der Waals surface area contributed by atoms with Gasteiger partial charge in [0.15, 0.2) is 0 Å². The SMILES string of the molecule is CC(C)(C)OC(=O)N1CCC(Oc2ccc(-c3ccn4ccnc4c3)cc2)CC1. The summed E-state index contributed by atoms with van der Waals surface area (Å²) in [5, 5.41) is 0. The van der Waals surface area contributed by atoms with Crippen LogP contribution < -0.4 is 4.74 Å². The van der Waals surface area contributed by atoms with E-state index >= 15 is 0 Å². The molecule has 152 valence electrons. The molecule has 1 aliphatic heterocycles. The van der Waals surface area contributed by atoms with Crippen molar-refractivity contribution < 1.29 is 14.3 Å². The van der Waals surface area contributed by atoms with Crippen molar-refractivity contribution >= 4 is 11.7 Å². The second-order valence-corrected chi connectivity index (χ2v) is 8.42. The van der Waals surface area contributed by atoms with Gasteiger partial charge in [-0.2, -0.15) is 0 Å². The van der Waals surface area contributed by atoms with E-state index in [9.17, 15) is 4.79 Å². The van der Waals surface area contributed by atoms with Crippen LogP contribution >= 0.6 is 0 Å². The maximum absolute atomic E-state index is 12.2. The van der Waals surface area contributed by atoms with Crippen LogP contribution in [0.3, 0.4) is 0 Å². The van der Waals surface area contributed by atoms with Crippen molar-refractivity contribution in [1.29, 1.82) is 0 Å². The summed E-state index contributed by atoms with van der Waals surface area (Å²) in [5.41, 5.74) is 2.72. The Morgan fingerprint density at radius 3 is 2.45 bits per heavy atom. The molecule has 2 aromatic heterocycles. The minimum atomic E-state index is -0.464. The molecule has 1 aromatic carbocycles. The molecule has 6 heteroatoms. The van der Waals surface area contributed by atoms with Gasteiger partial charge in [-0.1, -0.05) is 12.1 Å². The van der Waals surface area contributed by atoms with Gasteiger partial charge in [-0.3, -0.25) is 0 Å². The summed E-state index contributed by atoms with van der Waals surface area (Å²) in [6, 6.07) is 12.3. The van der Waals surface area contributed by atoms with Crippen LogP contribution in [-0.4, -0.2) is 45.2 Å². The molecule has 1 amide bonds. The van der Waals surface area contributed by atoms with E-state index in [1.165, 1.54) is 0 Å². The molecule has 6 nitrogen and oxygen atoms in total. The van der Waals surface area contributed by atoms with E-state index in [0.29, 0.717) is 13.1 Å². The second-order valence-electron chi connectivity index (χ2n) is 8.42. The molecule has 0 atom stereocenters. The fourth-order valence-electron chi connectivity index (χ4n) is 3.49. The first-order valence-electron chi connectivity index (χ1n) is 10.1. The highest BCUT2D eigenvalue weighted by molar-refractivity contribution is 5.68. The van der Waals surface area contributed by atoms with Crippen molar-refractivity contribution in [2.75, 3.05) is 13.1 Å². The Morgan fingerprint density at radius 1 is 1.03 bits per heavy atom. The van der Waals surface area contributed by atoms with Gasteiger partial charge in [0.1, 0.15) is 23.1 Å². The molecule has 0 radical (unpaired) electrons. The van der Waals surface area contributed by atoms with Gasteiger partial charge >= 0.3 is 6.09 Å². The fraction of sp³-hybridized carbons (Fsp3) is 0.391. The van der Waals surface area contributed by atoms with Crippen LogP contribution in [0.2, 0.25) is 0 Å². The lowest BCUT2D eigenvalue weighted by Gasteiger charge is -2.33. The normalized spacial score (nSPS) is 15.5. The predicted octanol–water partition coefficient (Wildman–Crippen LogP) is 4.78. The van der Waals surface area contributed by atoms with Gasteiger partial charge in [0.05, 0.1) is 0 Å². The zero-order chi connectivity index (χ0) is 20.4. The van der Waals surface area contributed by atoms with E-state index in [1.54, 1.807) is 11.1 Å². The topological polar surface area (TPSA) is 56.1 Å². The quantitative estimate of drug-likeness (QED) is 0.643. The zero-order valence-electron chi connectivity index (χ0n) is 17.2. The summed E-state index contributed by atoms with van der Waals surface area (Å²) in [6.45, 7) is 6.97. The summed E-state index contributed by atoms with van der Waals surface area (Å²) in [7, 11) is 0. The maximum atomic E-state index is 12.2. The van der Waals surface area contributed by atoms with Gasteiger partial charge in [-0.15, -0.1) is 0 Å². The van der Waals surface area contributed by atoms with Crippen LogP contribution in [0.4, 0.5) is 4.79 Å². The van der Waals surface area contributed by atoms with Crippen LogP contribution in [0.25, 0.3) is 16.8 Å². The number of carbonyl (C=O) groups is 1. The molecular weight excluding hydrogens is 366 g/mol. The van der Waals surface area contributed by atoms with Gasteiger partial charge in [-0.25, -0.2) is 9.78 Å². The third-order valence-corrected chi connectivity index (χ3v) is 4.98. The molecule has 1 fully saturated rings. The highest BCUT2D eigenvalue weighted by atomic mass is 16.6. The number of rotatable bonds is 3. The number of nitrogens with zero attached hydrogens (tertiary/aromatic N) is 3. The molecule has 4 rings (SSSR count). The van der Waals surface area contributed by atoms with Gasteiger partial charge in [-0.05, 0) is 56.2 Å². The third-order valence-electron chi connectivity index (χ3n) is 4.98. The summed E-state index contributed by atoms with van der Waals surface area (Å²) in [6.07, 6.45) is 7.22. The molecule has 3 heterocycles. The number of pyridine rings is 1. The summed E-state index contributed by atoms with van der Waals surface area (Å²) >= 11 is 0. The van der Waals surface area contributed by atoms with E-state index in [-0.39, 0.29) is 12.2 Å². The second kappa shape index (κ2) is 7.78. The monoisotopic (exact) mass is 393 g/mol. The van der Waals surface area contributed by atoms with E-state index in [1.807, 2.05) is 49.7 Å². The van der Waals surface area contributed by atoms with Crippen molar-refractivity contribution in [2.45, 2.75) is 45.3 Å². The number of hydrogen-bond donors (Lipinski definition) is 0. The number of piperidine rings is 1. The fourth-order valence-corrected chi connectivity index (χ4v) is 3.49. The number of likely N-dealkylation sites (tertiary alicyclic amines) is 1. The smallest absolute Gasteiger partial charge is 0.410 e. The highest BCUT2D eigenvalue weighted by Crippen LogP contribution is 2.25. The summed E-state index contributed by atoms with van der Waals surface area (Å²) < 4.78 is 13.6. The number of fused-ring (bicyclic) bond motifs is 1. The lowest BCUT2D eigenvalue weighted by molar-refractivity contribution is 0.0126. The molecule has 0 N–H and O–H groups in total. The Balaban J connectivity index is 1.33. The average molecular weight is 393 g/mol. The van der Waals surface area contributed by atoms with Gasteiger partial charge < -0.3 is 18.8 Å². The minimum Gasteiger partial charge on any atom is -0.490 e. The standard InChI is InChI=1S/C23H27N3O3/c1-23(2,3)29-22(27)26-13-9-20(10-14-26)28-19-6-4-17(5-7-19)18-8-12-25-15-11-24-21(25)16-18/h4-8,11-12,15-16,20H,9-10,13-14H2,1-3H3. The predicted molar refractivity (Wildman–Crippen MR) is 112 cm³/mol. The zero-order valence-corrected chi connectivity index (χ0v) is 17.2. The maximum Gasteiger partial charge on any atom is 0.410 e. The van der Waals surface area contributed by atoms with E-state index < -0.39 is 5.60 Å². The number of imidazole rings is 1. The highest BCUT2D eigenvalue weighted by Gasteiger charge is 2.27. The first kappa shape index (κ1) is 19.3. The summed E-state index contributed by atoms with van der Waals surface area (Å²) in [4.78, 5) is 18.3. The van der Waals surface area contributed by atoms with E-state index in [2.05, 4.69) is 29.2 Å². The lowest BCUT2D eigenvalue weighted by Crippen LogP contribution is -2.44. The van der Waals surface area contributed by atoms with Crippen molar-refractivity contribution in [1.82, 2.24) is 14.3 Å². The Morgan fingerprint density at radius 2 is 1.76 bits per heavy atom. The van der Waals surface area contributed by atoms with Crippen molar-refractivity contribution in [3.8, 4) is 16.9 Å². The minimum absolute atomic E-state index is 0.112. The van der Waals surface area contributed by atoms with Crippen LogP contribution in [0.1, 0.15) is 33.6 Å². The molecule has 0 bridgehead atoms. The molecule has 1 saturated heterocycles. The summed E-state index contributed by atoms with van der Waals surface area (Å²) in [5.74, 6) is 0.853. The number of ether oxygens (including phenoxy) is 2. The largest absolute Gasteiger partial charge is 0.490 e. The molecular formula is C23H27N3O3. The van der Waals surface area contributed by atoms with Gasteiger partial charge in [0.25, 0.3) is 0 Å². The lowest BCUT2D eigenvalue weighted by atomic mass is 10.1. The molecule has 0 spiro atoms. The van der Waals surface area contributed by atoms with Crippen molar-refractivity contribution in [2.24, 2.45) is 0 Å². The average Bonchev–Trinajstić information content (AvgIpc) is 3.15. The number of hydrogen-bond acceptors (Lipinski definition) is 4. The first-order valence-corrected chi connectivity index (χ1v) is 10.1. The van der Waals surface area contributed by atoms with Crippen LogP contribution in [-0.2, 0) is 4.74 Å². The molecule has 1 aliphatic rings. The Bertz CT molecular complexity index is 981. The Labute approximate surface area is 171 Å². The number of benzene rings is 1. The van der Waals surface area contributed by atoms with Crippen molar-refractivity contribution in [3.05, 3.63) is 55.0 Å². The van der Waals surface area contributed by atoms with Crippen LogP contribution in [0.15, 0.2) is 55.0 Å². The molecule has 29 heavy (non-hydrogen) atoms. The van der Waals surface area contributed by atoms with Crippen LogP contribution in [0, 0.1) is 0 Å². The van der Waals surface area contributed by atoms with Crippen LogP contribution in [0.5, 0.6) is 5.75 Å². The molecule has 3 aromatic rings. The molecule has 0 unspecified atom stereocenters. The first-order chi connectivity index (χ1) is 13.9. The number of carbonyl (C=O) groups excluding carboxylic acids is 1. The van der Waals surface area contributed by atoms with Gasteiger partial charge in [0.2, 0.25) is 0 Å². The Kier molecular flexibility index (Phi) is 5.18. The molecule has 0 saturated carbocycles. The Hall–Kier alpha value is -3.02. The number of amides is 1. The van der Waals surface area contributed by atoms with Crippen molar-refractivity contribution in [3.63, 3.8) is 0 Å². The third kappa shape index (κ3) is 4.70. The van der Waals surface area contributed by atoms with E-state index in [0.717, 1.165) is 35.4 Å². The number of aromatic nitrogens is 2. The van der Waals surface area contributed by atoms with E-state index in [4.69, 9.17) is 9.47 Å². The van der Waals surface area contributed by atoms with Gasteiger partial charge in [0, 0.05) is 44.5 Å².